The fourth-order valence-corrected chi connectivity index (χ4v) is 5.92. The van der Waals surface area contributed by atoms with Crippen LogP contribution in [0.5, 0.6) is 0 Å². The van der Waals surface area contributed by atoms with Crippen molar-refractivity contribution in [2.24, 2.45) is 5.92 Å². The lowest BCUT2D eigenvalue weighted by Crippen LogP contribution is -2.49. The van der Waals surface area contributed by atoms with E-state index < -0.39 is 5.54 Å². The fourth-order valence-electron chi connectivity index (χ4n) is 3.52. The highest BCUT2D eigenvalue weighted by atomic mass is 32.2. The van der Waals surface area contributed by atoms with E-state index in [1.165, 1.54) is 6.33 Å². The zero-order valence-electron chi connectivity index (χ0n) is 16.9. The Morgan fingerprint density at radius 1 is 1.24 bits per heavy atom. The van der Waals surface area contributed by atoms with Gasteiger partial charge in [-0.2, -0.15) is 11.8 Å². The van der Waals surface area contributed by atoms with Gasteiger partial charge in [0.2, 0.25) is 0 Å². The Labute approximate surface area is 178 Å². The van der Waals surface area contributed by atoms with E-state index in [4.69, 9.17) is 9.47 Å². The molecule has 0 radical (unpaired) electrons. The third-order valence-corrected chi connectivity index (χ3v) is 7.30. The standard InChI is InChI=1S/C19H26N4O4S2/c1-4-7-29-17-15-16(20-11-21-17)23(12-22-15)19(18(25)27-6-3)10-28-9-13(19)8-14(24)26-5-2/h11-13H,4-10H2,1-3H3/t13-,19-/m0/s1. The second-order valence-corrected chi connectivity index (χ2v) is 8.79. The summed E-state index contributed by atoms with van der Waals surface area (Å²) in [6.07, 6.45) is 4.29. The van der Waals surface area contributed by atoms with Gasteiger partial charge in [-0.1, -0.05) is 6.92 Å². The van der Waals surface area contributed by atoms with Crippen LogP contribution in [0.4, 0.5) is 0 Å². The normalized spacial score (nSPS) is 21.4. The summed E-state index contributed by atoms with van der Waals surface area (Å²) >= 11 is 3.24. The Balaban J connectivity index is 2.08. The zero-order valence-corrected chi connectivity index (χ0v) is 18.6. The largest absolute Gasteiger partial charge is 0.466 e. The molecule has 8 nitrogen and oxygen atoms in total. The number of hydrogen-bond donors (Lipinski definition) is 0. The number of hydrogen-bond acceptors (Lipinski definition) is 9. The van der Waals surface area contributed by atoms with E-state index in [0.717, 1.165) is 17.2 Å². The molecule has 158 valence electrons. The van der Waals surface area contributed by atoms with Crippen LogP contribution in [0.25, 0.3) is 11.2 Å². The van der Waals surface area contributed by atoms with Crippen molar-refractivity contribution in [3.05, 3.63) is 12.7 Å². The number of nitrogens with zero attached hydrogens (tertiary/aromatic N) is 4. The molecule has 1 saturated heterocycles. The Kier molecular flexibility index (Phi) is 7.39. The SMILES string of the molecule is CCCSc1ncnc2c1ncn2[C@@]1(C(=O)OCC)CSC[C@@H]1CC(=O)OCC. The maximum absolute atomic E-state index is 13.2. The van der Waals surface area contributed by atoms with Gasteiger partial charge in [0.15, 0.2) is 11.2 Å². The van der Waals surface area contributed by atoms with Crippen LogP contribution < -0.4 is 0 Å². The number of carbonyl (C=O) groups is 2. The molecule has 0 spiro atoms. The highest BCUT2D eigenvalue weighted by Crippen LogP contribution is 2.44. The van der Waals surface area contributed by atoms with E-state index in [1.807, 2.05) is 0 Å². The van der Waals surface area contributed by atoms with E-state index in [-0.39, 0.29) is 30.9 Å². The maximum Gasteiger partial charge on any atom is 0.333 e. The molecule has 2 aromatic heterocycles. The summed E-state index contributed by atoms with van der Waals surface area (Å²) in [7, 11) is 0. The lowest BCUT2D eigenvalue weighted by molar-refractivity contribution is -0.156. The Hall–Kier alpha value is -1.81. The lowest BCUT2D eigenvalue weighted by Gasteiger charge is -2.33. The monoisotopic (exact) mass is 438 g/mol. The second-order valence-electron chi connectivity index (χ2n) is 6.68. The van der Waals surface area contributed by atoms with Crippen molar-refractivity contribution in [1.82, 2.24) is 19.5 Å². The molecule has 0 aliphatic carbocycles. The van der Waals surface area contributed by atoms with Crippen LogP contribution >= 0.6 is 23.5 Å². The first-order valence-electron chi connectivity index (χ1n) is 9.80. The van der Waals surface area contributed by atoms with Crippen molar-refractivity contribution in [3.63, 3.8) is 0 Å². The maximum atomic E-state index is 13.2. The summed E-state index contributed by atoms with van der Waals surface area (Å²) in [6, 6.07) is 0. The van der Waals surface area contributed by atoms with E-state index in [9.17, 15) is 9.59 Å². The molecular formula is C19H26N4O4S2. The van der Waals surface area contributed by atoms with Crippen molar-refractivity contribution in [1.29, 1.82) is 0 Å². The van der Waals surface area contributed by atoms with Crippen molar-refractivity contribution >= 4 is 46.6 Å². The Morgan fingerprint density at radius 3 is 2.76 bits per heavy atom. The van der Waals surface area contributed by atoms with Crippen LogP contribution in [0.3, 0.4) is 0 Å². The summed E-state index contributed by atoms with van der Waals surface area (Å²) < 4.78 is 12.4. The second kappa shape index (κ2) is 9.80. The quantitative estimate of drug-likeness (QED) is 0.332. The van der Waals surface area contributed by atoms with Gasteiger partial charge in [0.25, 0.3) is 0 Å². The molecular weight excluding hydrogens is 412 g/mol. The molecule has 3 heterocycles. The van der Waals surface area contributed by atoms with Crippen LogP contribution in [0.1, 0.15) is 33.6 Å². The van der Waals surface area contributed by atoms with Crippen LogP contribution in [-0.2, 0) is 24.6 Å². The molecule has 0 aromatic carbocycles. The number of fused-ring (bicyclic) bond motifs is 1. The van der Waals surface area contributed by atoms with Crippen LogP contribution in [0.2, 0.25) is 0 Å². The molecule has 0 amide bonds. The number of aromatic nitrogens is 4. The molecule has 1 aliphatic rings. The third-order valence-electron chi connectivity index (χ3n) is 4.84. The van der Waals surface area contributed by atoms with E-state index >= 15 is 0 Å². The number of carbonyl (C=O) groups excluding carboxylic acids is 2. The number of esters is 2. The van der Waals surface area contributed by atoms with Crippen LogP contribution in [0.15, 0.2) is 17.7 Å². The number of rotatable bonds is 9. The number of imidazole rings is 1. The Morgan fingerprint density at radius 2 is 2.03 bits per heavy atom. The van der Waals surface area contributed by atoms with Gasteiger partial charge in [-0.3, -0.25) is 9.36 Å². The summed E-state index contributed by atoms with van der Waals surface area (Å²) in [4.78, 5) is 38.8. The van der Waals surface area contributed by atoms with Gasteiger partial charge in [-0.25, -0.2) is 19.7 Å². The van der Waals surface area contributed by atoms with Crippen molar-refractivity contribution < 1.29 is 19.1 Å². The number of thioether (sulfide) groups is 2. The topological polar surface area (TPSA) is 96.2 Å². The summed E-state index contributed by atoms with van der Waals surface area (Å²) in [5.41, 5.74) is 0.202. The molecule has 0 saturated carbocycles. The predicted molar refractivity (Wildman–Crippen MR) is 113 cm³/mol. The first-order chi connectivity index (χ1) is 14.1. The minimum Gasteiger partial charge on any atom is -0.466 e. The molecule has 10 heteroatoms. The predicted octanol–water partition coefficient (Wildman–Crippen LogP) is 2.90. The molecule has 1 fully saturated rings. The lowest BCUT2D eigenvalue weighted by atomic mass is 9.84. The van der Waals surface area contributed by atoms with Gasteiger partial charge in [0, 0.05) is 11.7 Å². The molecule has 0 unspecified atom stereocenters. The van der Waals surface area contributed by atoms with Crippen LogP contribution in [-0.4, -0.2) is 61.9 Å². The molecule has 29 heavy (non-hydrogen) atoms. The first-order valence-corrected chi connectivity index (χ1v) is 11.9. The smallest absolute Gasteiger partial charge is 0.333 e. The first kappa shape index (κ1) is 21.9. The molecule has 2 atom stereocenters. The summed E-state index contributed by atoms with van der Waals surface area (Å²) in [6.45, 7) is 6.23. The van der Waals surface area contributed by atoms with Crippen molar-refractivity contribution in [2.75, 3.05) is 30.5 Å². The van der Waals surface area contributed by atoms with E-state index in [2.05, 4.69) is 21.9 Å². The third kappa shape index (κ3) is 4.23. The fraction of sp³-hybridized carbons (Fsp3) is 0.632. The van der Waals surface area contributed by atoms with E-state index in [1.54, 1.807) is 48.3 Å². The van der Waals surface area contributed by atoms with Gasteiger partial charge in [0.05, 0.1) is 26.0 Å². The molecule has 3 rings (SSSR count). The average molecular weight is 439 g/mol. The highest BCUT2D eigenvalue weighted by molar-refractivity contribution is 7.99. The van der Waals surface area contributed by atoms with Gasteiger partial charge in [0.1, 0.15) is 16.9 Å². The van der Waals surface area contributed by atoms with Crippen molar-refractivity contribution in [3.8, 4) is 0 Å². The minimum absolute atomic E-state index is 0.141. The molecule has 1 aliphatic heterocycles. The minimum atomic E-state index is -1.05. The van der Waals surface area contributed by atoms with Crippen LogP contribution in [0, 0.1) is 5.92 Å². The molecule has 2 aromatic rings. The summed E-state index contributed by atoms with van der Waals surface area (Å²) in [5, 5.41) is 0.794. The van der Waals surface area contributed by atoms with Gasteiger partial charge in [-0.05, 0) is 31.8 Å². The summed E-state index contributed by atoms with van der Waals surface area (Å²) in [5.74, 6) is 1.11. The van der Waals surface area contributed by atoms with Gasteiger partial charge < -0.3 is 9.47 Å². The Bertz CT molecular complexity index is 875. The van der Waals surface area contributed by atoms with Gasteiger partial charge >= 0.3 is 11.9 Å². The highest BCUT2D eigenvalue weighted by Gasteiger charge is 2.54. The average Bonchev–Trinajstić information content (AvgIpc) is 3.31. The molecule has 0 N–H and O–H groups in total. The molecule has 0 bridgehead atoms. The van der Waals surface area contributed by atoms with E-state index in [0.29, 0.717) is 29.3 Å². The van der Waals surface area contributed by atoms with Crippen molar-refractivity contribution in [2.45, 2.75) is 44.2 Å². The zero-order chi connectivity index (χ0) is 20.9. The number of ether oxygens (including phenoxy) is 2. The van der Waals surface area contributed by atoms with Gasteiger partial charge in [-0.15, -0.1) is 11.8 Å².